The van der Waals surface area contributed by atoms with Gasteiger partial charge >= 0.3 is 0 Å². The molecule has 0 unspecified atom stereocenters. The lowest BCUT2D eigenvalue weighted by molar-refractivity contribution is 0.260. The Morgan fingerprint density at radius 1 is 0.974 bits per heavy atom. The van der Waals surface area contributed by atoms with Crippen molar-refractivity contribution in [2.45, 2.75) is 6.92 Å². The van der Waals surface area contributed by atoms with E-state index in [9.17, 15) is 4.39 Å². The van der Waals surface area contributed by atoms with Crippen LogP contribution in [0.2, 0.25) is 0 Å². The summed E-state index contributed by atoms with van der Waals surface area (Å²) in [5.41, 5.74) is 8.65. The standard InChI is InChI=1S/C30H27FN6O/c1-18-9-10-32-17-24(18)26-7-8-27-29(34-26)30(36-35-27)28-16-23-22(5-4-6-25(23)33-28)19-13-20(31)15-21(14-19)38-12-11-37(2)3/h4-10,13-17,33H,11-12H2,1-3H3,(H,35,36). The SMILES string of the molecule is Cc1ccncc1-c1ccc2[nH]nc(-c3cc4c(-c5cc(F)cc(OCCN(C)C)c5)cccc4[nH]3)c2n1. The molecule has 38 heavy (non-hydrogen) atoms. The minimum Gasteiger partial charge on any atom is -0.492 e. The van der Waals surface area contributed by atoms with Crippen molar-refractivity contribution in [3.63, 3.8) is 0 Å². The first kappa shape index (κ1) is 23.8. The molecule has 0 aliphatic carbocycles. The molecule has 0 bridgehead atoms. The number of aromatic nitrogens is 5. The van der Waals surface area contributed by atoms with Gasteiger partial charge < -0.3 is 14.6 Å². The summed E-state index contributed by atoms with van der Waals surface area (Å²) in [5.74, 6) is 0.172. The molecular weight excluding hydrogens is 479 g/mol. The highest BCUT2D eigenvalue weighted by atomic mass is 19.1. The number of aryl methyl sites for hydroxylation is 1. The lowest BCUT2D eigenvalue weighted by atomic mass is 10.0. The number of aromatic amines is 2. The summed E-state index contributed by atoms with van der Waals surface area (Å²) in [6.07, 6.45) is 3.61. The van der Waals surface area contributed by atoms with E-state index in [-0.39, 0.29) is 5.82 Å². The molecule has 0 amide bonds. The van der Waals surface area contributed by atoms with Crippen LogP contribution >= 0.6 is 0 Å². The van der Waals surface area contributed by atoms with Gasteiger partial charge in [0.25, 0.3) is 0 Å². The number of benzene rings is 2. The fraction of sp³-hybridized carbons (Fsp3) is 0.167. The van der Waals surface area contributed by atoms with E-state index in [0.717, 1.165) is 67.8 Å². The van der Waals surface area contributed by atoms with Crippen LogP contribution in [0.4, 0.5) is 4.39 Å². The van der Waals surface area contributed by atoms with Crippen LogP contribution in [0.5, 0.6) is 5.75 Å². The van der Waals surface area contributed by atoms with Crippen LogP contribution in [-0.2, 0) is 0 Å². The molecule has 0 aliphatic heterocycles. The third-order valence-corrected chi connectivity index (χ3v) is 6.63. The number of pyridine rings is 2. The van der Waals surface area contributed by atoms with Gasteiger partial charge in [0.05, 0.1) is 16.9 Å². The Kier molecular flexibility index (Phi) is 6.09. The molecular formula is C30H27FN6O. The summed E-state index contributed by atoms with van der Waals surface area (Å²) < 4.78 is 20.4. The summed E-state index contributed by atoms with van der Waals surface area (Å²) in [6, 6.07) is 18.8. The van der Waals surface area contributed by atoms with E-state index >= 15 is 0 Å². The molecule has 0 saturated heterocycles. The van der Waals surface area contributed by atoms with Gasteiger partial charge in [0, 0.05) is 41.5 Å². The zero-order chi connectivity index (χ0) is 26.2. The maximum Gasteiger partial charge on any atom is 0.135 e. The summed E-state index contributed by atoms with van der Waals surface area (Å²) in [5, 5.41) is 8.63. The van der Waals surface area contributed by atoms with Crippen molar-refractivity contribution in [1.82, 2.24) is 30.0 Å². The van der Waals surface area contributed by atoms with Crippen molar-refractivity contribution in [2.75, 3.05) is 27.2 Å². The van der Waals surface area contributed by atoms with Crippen LogP contribution in [0.3, 0.4) is 0 Å². The normalized spacial score (nSPS) is 11.6. The van der Waals surface area contributed by atoms with Crippen LogP contribution in [0.1, 0.15) is 5.56 Å². The van der Waals surface area contributed by atoms with Crippen LogP contribution in [0, 0.1) is 12.7 Å². The predicted octanol–water partition coefficient (Wildman–Crippen LogP) is 6.22. The molecule has 6 aromatic rings. The van der Waals surface area contributed by atoms with Crippen molar-refractivity contribution >= 4 is 21.9 Å². The number of nitrogens with one attached hydrogen (secondary N) is 2. The van der Waals surface area contributed by atoms with Crippen molar-refractivity contribution in [1.29, 1.82) is 0 Å². The molecule has 7 nitrogen and oxygen atoms in total. The molecule has 0 fully saturated rings. The number of ether oxygens (including phenoxy) is 1. The summed E-state index contributed by atoms with van der Waals surface area (Å²) in [7, 11) is 3.95. The molecule has 0 aliphatic rings. The van der Waals surface area contributed by atoms with Crippen LogP contribution in [0.25, 0.3) is 55.7 Å². The molecule has 4 heterocycles. The van der Waals surface area contributed by atoms with Gasteiger partial charge in [-0.1, -0.05) is 12.1 Å². The number of halogens is 1. The second kappa shape index (κ2) is 9.72. The average molecular weight is 507 g/mol. The number of H-pyrrole nitrogens is 2. The molecule has 0 atom stereocenters. The summed E-state index contributed by atoms with van der Waals surface area (Å²) in [4.78, 5) is 14.7. The first-order valence-corrected chi connectivity index (χ1v) is 12.4. The van der Waals surface area contributed by atoms with Gasteiger partial charge in [-0.3, -0.25) is 10.1 Å². The van der Waals surface area contributed by atoms with Crippen LogP contribution in [-0.4, -0.2) is 57.3 Å². The second-order valence-electron chi connectivity index (χ2n) is 9.63. The Bertz CT molecular complexity index is 1770. The number of hydrogen-bond acceptors (Lipinski definition) is 5. The fourth-order valence-corrected chi connectivity index (χ4v) is 4.65. The van der Waals surface area contributed by atoms with E-state index in [1.54, 1.807) is 6.20 Å². The average Bonchev–Trinajstić information content (AvgIpc) is 3.52. The lowest BCUT2D eigenvalue weighted by Crippen LogP contribution is -2.19. The summed E-state index contributed by atoms with van der Waals surface area (Å²) in [6.45, 7) is 3.27. The largest absolute Gasteiger partial charge is 0.492 e. The Hall–Kier alpha value is -4.56. The van der Waals surface area contributed by atoms with Crippen molar-refractivity contribution in [3.05, 3.63) is 84.4 Å². The molecule has 2 N–H and O–H groups in total. The predicted molar refractivity (Wildman–Crippen MR) is 149 cm³/mol. The third kappa shape index (κ3) is 4.50. The van der Waals surface area contributed by atoms with Gasteiger partial charge in [0.2, 0.25) is 0 Å². The highest BCUT2D eigenvalue weighted by molar-refractivity contribution is 6.00. The van der Waals surface area contributed by atoms with Gasteiger partial charge in [0.1, 0.15) is 29.4 Å². The van der Waals surface area contributed by atoms with E-state index in [1.807, 2.05) is 80.6 Å². The second-order valence-corrected chi connectivity index (χ2v) is 9.63. The Balaban J connectivity index is 1.41. The highest BCUT2D eigenvalue weighted by Crippen LogP contribution is 2.35. The molecule has 0 spiro atoms. The smallest absolute Gasteiger partial charge is 0.135 e. The number of likely N-dealkylation sites (N-methyl/N-ethyl adjacent to an activating group) is 1. The number of fused-ring (bicyclic) bond motifs is 2. The van der Waals surface area contributed by atoms with E-state index in [0.29, 0.717) is 12.4 Å². The Morgan fingerprint density at radius 2 is 1.87 bits per heavy atom. The van der Waals surface area contributed by atoms with Gasteiger partial charge in [-0.25, -0.2) is 9.37 Å². The Morgan fingerprint density at radius 3 is 2.71 bits per heavy atom. The van der Waals surface area contributed by atoms with Crippen molar-refractivity contribution in [2.24, 2.45) is 0 Å². The van der Waals surface area contributed by atoms with Gasteiger partial charge in [-0.15, -0.1) is 0 Å². The van der Waals surface area contributed by atoms with Crippen LogP contribution < -0.4 is 4.74 Å². The number of rotatable bonds is 7. The first-order valence-electron chi connectivity index (χ1n) is 12.4. The quantitative estimate of drug-likeness (QED) is 0.268. The number of nitrogens with zero attached hydrogens (tertiary/aromatic N) is 4. The summed E-state index contributed by atoms with van der Waals surface area (Å²) >= 11 is 0. The minimum absolute atomic E-state index is 0.337. The van der Waals surface area contributed by atoms with E-state index in [4.69, 9.17) is 9.72 Å². The topological polar surface area (TPSA) is 82.7 Å². The molecule has 4 aromatic heterocycles. The maximum absolute atomic E-state index is 14.6. The van der Waals surface area contributed by atoms with Crippen molar-refractivity contribution < 1.29 is 9.13 Å². The van der Waals surface area contributed by atoms with Gasteiger partial charge in [0.15, 0.2) is 0 Å². The number of hydrogen-bond donors (Lipinski definition) is 2. The van der Waals surface area contributed by atoms with Crippen LogP contribution in [0.15, 0.2) is 73.1 Å². The molecule has 2 aromatic carbocycles. The molecule has 0 radical (unpaired) electrons. The molecule has 6 rings (SSSR count). The fourth-order valence-electron chi connectivity index (χ4n) is 4.65. The van der Waals surface area contributed by atoms with Gasteiger partial charge in [-0.2, -0.15) is 5.10 Å². The zero-order valence-electron chi connectivity index (χ0n) is 21.4. The molecule has 190 valence electrons. The zero-order valence-corrected chi connectivity index (χ0v) is 21.4. The van der Waals surface area contributed by atoms with E-state index < -0.39 is 0 Å². The monoisotopic (exact) mass is 506 g/mol. The molecule has 8 heteroatoms. The van der Waals surface area contributed by atoms with Gasteiger partial charge in [-0.05, 0) is 80.2 Å². The minimum atomic E-state index is -0.337. The Labute approximate surface area is 219 Å². The highest BCUT2D eigenvalue weighted by Gasteiger charge is 2.16. The maximum atomic E-state index is 14.6. The lowest BCUT2D eigenvalue weighted by Gasteiger charge is -2.12. The first-order chi connectivity index (χ1) is 18.5. The van der Waals surface area contributed by atoms with E-state index in [2.05, 4.69) is 20.2 Å². The molecule has 0 saturated carbocycles. The third-order valence-electron chi connectivity index (χ3n) is 6.63. The van der Waals surface area contributed by atoms with E-state index in [1.165, 1.54) is 12.1 Å². The van der Waals surface area contributed by atoms with Crippen molar-refractivity contribution in [3.8, 4) is 39.5 Å².